The van der Waals surface area contributed by atoms with E-state index in [9.17, 15) is 0 Å². The summed E-state index contributed by atoms with van der Waals surface area (Å²) < 4.78 is 5.84. The molecule has 1 aromatic carbocycles. The maximum Gasteiger partial charge on any atom is 0.125 e. The van der Waals surface area contributed by atoms with Gasteiger partial charge >= 0.3 is 0 Å². The SMILES string of the molecule is CCC(C)(CNC(C)(C)C)Cc1cc(Cl)cc2c1OCC2. The predicted octanol–water partition coefficient (Wildman–Crippen LogP) is 4.62. The number of halogens is 1. The first kappa shape index (κ1) is 16.6. The lowest BCUT2D eigenvalue weighted by atomic mass is 9.80. The lowest BCUT2D eigenvalue weighted by molar-refractivity contribution is 0.251. The minimum absolute atomic E-state index is 0.142. The first-order valence-electron chi connectivity index (χ1n) is 7.91. The molecule has 0 bridgehead atoms. The molecule has 118 valence electrons. The van der Waals surface area contributed by atoms with Crippen LogP contribution >= 0.6 is 11.6 Å². The molecule has 1 N–H and O–H groups in total. The average molecular weight is 310 g/mol. The molecule has 0 aromatic heterocycles. The standard InChI is InChI=1S/C18H28ClNO/c1-6-18(5,12-20-17(2,3)4)11-14-10-15(19)9-13-7-8-21-16(13)14/h9-10,20H,6-8,11-12H2,1-5H3. The highest BCUT2D eigenvalue weighted by Gasteiger charge is 2.28. The summed E-state index contributed by atoms with van der Waals surface area (Å²) in [6, 6.07) is 4.13. The summed E-state index contributed by atoms with van der Waals surface area (Å²) >= 11 is 6.28. The van der Waals surface area contributed by atoms with Crippen LogP contribution in [0.5, 0.6) is 5.75 Å². The van der Waals surface area contributed by atoms with E-state index < -0.39 is 0 Å². The quantitative estimate of drug-likeness (QED) is 0.856. The molecule has 2 nitrogen and oxygen atoms in total. The van der Waals surface area contributed by atoms with Gasteiger partial charge in [-0.05, 0) is 62.3 Å². The molecule has 1 aliphatic rings. The van der Waals surface area contributed by atoms with Crippen LogP contribution in [0.2, 0.25) is 5.02 Å². The Balaban J connectivity index is 2.19. The van der Waals surface area contributed by atoms with E-state index in [2.05, 4.69) is 46.0 Å². The molecule has 1 unspecified atom stereocenters. The Kier molecular flexibility index (Phi) is 4.89. The van der Waals surface area contributed by atoms with Crippen LogP contribution in [0.3, 0.4) is 0 Å². The van der Waals surface area contributed by atoms with Crippen LogP contribution in [0.1, 0.15) is 52.2 Å². The van der Waals surface area contributed by atoms with E-state index in [4.69, 9.17) is 16.3 Å². The zero-order valence-electron chi connectivity index (χ0n) is 14.0. The number of benzene rings is 1. The summed E-state index contributed by atoms with van der Waals surface area (Å²) in [5.41, 5.74) is 2.87. The van der Waals surface area contributed by atoms with Crippen molar-refractivity contribution in [2.24, 2.45) is 5.41 Å². The third-order valence-electron chi connectivity index (χ3n) is 4.34. The summed E-state index contributed by atoms with van der Waals surface area (Å²) in [6.45, 7) is 13.0. The summed E-state index contributed by atoms with van der Waals surface area (Å²) in [5, 5.41) is 4.47. The van der Waals surface area contributed by atoms with Gasteiger partial charge in [-0.1, -0.05) is 25.4 Å². The molecule has 0 saturated carbocycles. The zero-order chi connectivity index (χ0) is 15.7. The topological polar surface area (TPSA) is 21.3 Å². The molecule has 1 aromatic rings. The van der Waals surface area contributed by atoms with Crippen LogP contribution in [0.15, 0.2) is 12.1 Å². The number of nitrogens with one attached hydrogen (secondary N) is 1. The van der Waals surface area contributed by atoms with Crippen molar-refractivity contribution in [1.82, 2.24) is 5.32 Å². The van der Waals surface area contributed by atoms with Gasteiger partial charge in [-0.25, -0.2) is 0 Å². The smallest absolute Gasteiger partial charge is 0.125 e. The zero-order valence-corrected chi connectivity index (χ0v) is 14.7. The van der Waals surface area contributed by atoms with Crippen molar-refractivity contribution in [1.29, 1.82) is 0 Å². The Morgan fingerprint density at radius 1 is 1.24 bits per heavy atom. The van der Waals surface area contributed by atoms with Crippen molar-refractivity contribution in [2.45, 2.75) is 59.4 Å². The minimum atomic E-state index is 0.142. The van der Waals surface area contributed by atoms with Gasteiger partial charge in [0, 0.05) is 23.5 Å². The van der Waals surface area contributed by atoms with Crippen LogP contribution in [0, 0.1) is 5.41 Å². The molecule has 1 atom stereocenters. The van der Waals surface area contributed by atoms with Crippen molar-refractivity contribution < 1.29 is 4.74 Å². The van der Waals surface area contributed by atoms with Gasteiger partial charge in [0.25, 0.3) is 0 Å². The molecule has 0 radical (unpaired) electrons. The largest absolute Gasteiger partial charge is 0.493 e. The number of fused-ring (bicyclic) bond motifs is 1. The van der Waals surface area contributed by atoms with Crippen molar-refractivity contribution in [3.05, 3.63) is 28.3 Å². The molecule has 0 aliphatic carbocycles. The first-order chi connectivity index (χ1) is 9.72. The summed E-state index contributed by atoms with van der Waals surface area (Å²) in [4.78, 5) is 0. The second-order valence-corrected chi connectivity index (χ2v) is 8.03. The lowest BCUT2D eigenvalue weighted by Gasteiger charge is -2.33. The first-order valence-corrected chi connectivity index (χ1v) is 8.29. The van der Waals surface area contributed by atoms with Gasteiger partial charge < -0.3 is 10.1 Å². The van der Waals surface area contributed by atoms with Crippen molar-refractivity contribution in [2.75, 3.05) is 13.2 Å². The van der Waals surface area contributed by atoms with E-state index in [0.29, 0.717) is 0 Å². The fourth-order valence-electron chi connectivity index (χ4n) is 2.73. The number of rotatable bonds is 5. The minimum Gasteiger partial charge on any atom is -0.493 e. The molecular weight excluding hydrogens is 282 g/mol. The van der Waals surface area contributed by atoms with Crippen LogP contribution in [-0.4, -0.2) is 18.7 Å². The van der Waals surface area contributed by atoms with Crippen LogP contribution in [-0.2, 0) is 12.8 Å². The number of hydrogen-bond donors (Lipinski definition) is 1. The van der Waals surface area contributed by atoms with Gasteiger partial charge in [-0.15, -0.1) is 0 Å². The maximum atomic E-state index is 6.28. The van der Waals surface area contributed by atoms with E-state index in [0.717, 1.165) is 43.2 Å². The Hall–Kier alpha value is -0.730. The van der Waals surface area contributed by atoms with Crippen LogP contribution < -0.4 is 10.1 Å². The Morgan fingerprint density at radius 2 is 1.95 bits per heavy atom. The average Bonchev–Trinajstić information content (AvgIpc) is 2.84. The third-order valence-corrected chi connectivity index (χ3v) is 4.56. The fourth-order valence-corrected chi connectivity index (χ4v) is 2.99. The van der Waals surface area contributed by atoms with Gasteiger partial charge in [-0.2, -0.15) is 0 Å². The number of ether oxygens (including phenoxy) is 1. The van der Waals surface area contributed by atoms with E-state index in [-0.39, 0.29) is 11.0 Å². The molecule has 21 heavy (non-hydrogen) atoms. The van der Waals surface area contributed by atoms with E-state index >= 15 is 0 Å². The normalized spacial score (nSPS) is 17.2. The molecule has 1 heterocycles. The molecule has 0 fully saturated rings. The Labute approximate surface area is 134 Å². The van der Waals surface area contributed by atoms with Gasteiger partial charge in [0.15, 0.2) is 0 Å². The highest BCUT2D eigenvalue weighted by Crippen LogP contribution is 2.37. The molecule has 0 saturated heterocycles. The monoisotopic (exact) mass is 309 g/mol. The van der Waals surface area contributed by atoms with E-state index in [1.807, 2.05) is 6.07 Å². The van der Waals surface area contributed by atoms with E-state index in [1.54, 1.807) is 0 Å². The van der Waals surface area contributed by atoms with Gasteiger partial charge in [0.05, 0.1) is 6.61 Å². The maximum absolute atomic E-state index is 6.28. The highest BCUT2D eigenvalue weighted by atomic mass is 35.5. The second-order valence-electron chi connectivity index (χ2n) is 7.60. The van der Waals surface area contributed by atoms with Gasteiger partial charge in [0.2, 0.25) is 0 Å². The van der Waals surface area contributed by atoms with Crippen molar-refractivity contribution in [3.8, 4) is 5.75 Å². The Morgan fingerprint density at radius 3 is 2.57 bits per heavy atom. The van der Waals surface area contributed by atoms with E-state index in [1.165, 1.54) is 11.1 Å². The summed E-state index contributed by atoms with van der Waals surface area (Å²) in [5.74, 6) is 1.08. The number of hydrogen-bond acceptors (Lipinski definition) is 2. The molecular formula is C18H28ClNO. The molecule has 2 rings (SSSR count). The van der Waals surface area contributed by atoms with Crippen molar-refractivity contribution >= 4 is 11.6 Å². The van der Waals surface area contributed by atoms with Crippen molar-refractivity contribution in [3.63, 3.8) is 0 Å². The fraction of sp³-hybridized carbons (Fsp3) is 0.667. The molecule has 0 spiro atoms. The second kappa shape index (κ2) is 6.18. The Bertz CT molecular complexity index is 507. The summed E-state index contributed by atoms with van der Waals surface area (Å²) in [6.07, 6.45) is 3.10. The van der Waals surface area contributed by atoms with Crippen LogP contribution in [0.25, 0.3) is 0 Å². The third kappa shape index (κ3) is 4.37. The molecule has 1 aliphatic heterocycles. The molecule has 3 heteroatoms. The molecule has 0 amide bonds. The van der Waals surface area contributed by atoms with Crippen LogP contribution in [0.4, 0.5) is 0 Å². The lowest BCUT2D eigenvalue weighted by Crippen LogP contribution is -2.43. The summed E-state index contributed by atoms with van der Waals surface area (Å²) in [7, 11) is 0. The highest BCUT2D eigenvalue weighted by molar-refractivity contribution is 6.30. The predicted molar refractivity (Wildman–Crippen MR) is 90.5 cm³/mol. The van der Waals surface area contributed by atoms with Gasteiger partial charge in [-0.3, -0.25) is 0 Å². The van der Waals surface area contributed by atoms with Gasteiger partial charge in [0.1, 0.15) is 5.75 Å².